The van der Waals surface area contributed by atoms with Crippen LogP contribution in [0.15, 0.2) is 30.3 Å². The third-order valence-electron chi connectivity index (χ3n) is 3.03. The van der Waals surface area contributed by atoms with Crippen molar-refractivity contribution in [2.45, 2.75) is 51.3 Å². The maximum absolute atomic E-state index is 3.54. The highest BCUT2D eigenvalue weighted by molar-refractivity contribution is 7.98. The molecule has 0 amide bonds. The van der Waals surface area contributed by atoms with Gasteiger partial charge in [-0.05, 0) is 44.0 Å². The van der Waals surface area contributed by atoms with Crippen molar-refractivity contribution in [3.05, 3.63) is 35.9 Å². The Hall–Kier alpha value is -0.470. The van der Waals surface area contributed by atoms with E-state index in [9.17, 15) is 0 Å². The van der Waals surface area contributed by atoms with Crippen molar-refractivity contribution < 1.29 is 0 Å². The maximum Gasteiger partial charge on any atom is 0.0184 e. The number of unbranched alkanes of at least 4 members (excludes halogenated alkanes) is 1. The van der Waals surface area contributed by atoms with Crippen LogP contribution >= 0.6 is 11.8 Å². The van der Waals surface area contributed by atoms with Gasteiger partial charge in [-0.1, -0.05) is 43.7 Å². The summed E-state index contributed by atoms with van der Waals surface area (Å²) in [5.74, 6) is 2.44. The van der Waals surface area contributed by atoms with Crippen LogP contribution in [0.3, 0.4) is 0 Å². The van der Waals surface area contributed by atoms with Gasteiger partial charge in [0, 0.05) is 11.8 Å². The van der Waals surface area contributed by atoms with Crippen molar-refractivity contribution in [1.29, 1.82) is 0 Å². The van der Waals surface area contributed by atoms with E-state index in [1.54, 1.807) is 0 Å². The first-order valence-electron chi connectivity index (χ1n) is 7.18. The number of rotatable bonds is 10. The molecular formula is C16H27NS. The van der Waals surface area contributed by atoms with Crippen molar-refractivity contribution in [2.75, 3.05) is 12.3 Å². The van der Waals surface area contributed by atoms with Crippen LogP contribution < -0.4 is 5.32 Å². The summed E-state index contributed by atoms with van der Waals surface area (Å²) in [5.41, 5.74) is 1.44. The van der Waals surface area contributed by atoms with Crippen LogP contribution in [-0.2, 0) is 5.75 Å². The third-order valence-corrected chi connectivity index (χ3v) is 4.14. The molecule has 0 bridgehead atoms. The van der Waals surface area contributed by atoms with Crippen LogP contribution in [0.5, 0.6) is 0 Å². The molecule has 18 heavy (non-hydrogen) atoms. The molecule has 2 heteroatoms. The van der Waals surface area contributed by atoms with E-state index < -0.39 is 0 Å². The predicted octanol–water partition coefficient (Wildman–Crippen LogP) is 4.48. The average molecular weight is 265 g/mol. The number of thioether (sulfide) groups is 1. The molecule has 0 aliphatic carbocycles. The predicted molar refractivity (Wildman–Crippen MR) is 84.2 cm³/mol. The van der Waals surface area contributed by atoms with Crippen LogP contribution in [0, 0.1) is 0 Å². The first kappa shape index (κ1) is 15.6. The van der Waals surface area contributed by atoms with Crippen LogP contribution in [0.4, 0.5) is 0 Å². The molecule has 0 spiro atoms. The van der Waals surface area contributed by atoms with Crippen molar-refractivity contribution in [2.24, 2.45) is 0 Å². The second kappa shape index (κ2) is 10.5. The minimum atomic E-state index is 0.684. The maximum atomic E-state index is 3.54. The summed E-state index contributed by atoms with van der Waals surface area (Å²) >= 11 is 2.06. The molecule has 0 aliphatic rings. The molecule has 1 rings (SSSR count). The minimum Gasteiger partial charge on any atom is -0.314 e. The lowest BCUT2D eigenvalue weighted by Gasteiger charge is -2.12. The Morgan fingerprint density at radius 2 is 1.94 bits per heavy atom. The number of hydrogen-bond donors (Lipinski definition) is 1. The monoisotopic (exact) mass is 265 g/mol. The zero-order valence-corrected chi connectivity index (χ0v) is 12.6. The Morgan fingerprint density at radius 1 is 1.17 bits per heavy atom. The quantitative estimate of drug-likeness (QED) is 0.626. The third kappa shape index (κ3) is 7.78. The van der Waals surface area contributed by atoms with Gasteiger partial charge in [-0.3, -0.25) is 0 Å². The zero-order valence-electron chi connectivity index (χ0n) is 11.8. The Bertz CT molecular complexity index is 286. The summed E-state index contributed by atoms with van der Waals surface area (Å²) in [6.45, 7) is 5.68. The molecule has 0 aliphatic heterocycles. The SMILES string of the molecule is CCCNC(C)CCCCSCc1ccccc1. The topological polar surface area (TPSA) is 12.0 Å². The minimum absolute atomic E-state index is 0.684. The molecule has 0 radical (unpaired) electrons. The van der Waals surface area contributed by atoms with Gasteiger partial charge in [0.05, 0.1) is 0 Å². The van der Waals surface area contributed by atoms with E-state index in [-0.39, 0.29) is 0 Å². The second-order valence-electron chi connectivity index (χ2n) is 4.89. The molecular weight excluding hydrogens is 238 g/mol. The molecule has 0 aromatic heterocycles. The summed E-state index contributed by atoms with van der Waals surface area (Å²) in [4.78, 5) is 0. The standard InChI is InChI=1S/C16H27NS/c1-3-12-17-15(2)9-7-8-13-18-14-16-10-5-4-6-11-16/h4-6,10-11,15,17H,3,7-9,12-14H2,1-2H3. The summed E-state index contributed by atoms with van der Waals surface area (Å²) < 4.78 is 0. The fraction of sp³-hybridized carbons (Fsp3) is 0.625. The first-order chi connectivity index (χ1) is 8.83. The highest BCUT2D eigenvalue weighted by atomic mass is 32.2. The lowest BCUT2D eigenvalue weighted by Crippen LogP contribution is -2.26. The molecule has 1 aromatic rings. The summed E-state index contributed by atoms with van der Waals surface area (Å²) in [6, 6.07) is 11.4. The zero-order chi connectivity index (χ0) is 13.1. The van der Waals surface area contributed by atoms with E-state index in [1.807, 2.05) is 0 Å². The van der Waals surface area contributed by atoms with E-state index in [0.29, 0.717) is 6.04 Å². The van der Waals surface area contributed by atoms with Gasteiger partial charge < -0.3 is 5.32 Å². The lowest BCUT2D eigenvalue weighted by atomic mass is 10.1. The van der Waals surface area contributed by atoms with Gasteiger partial charge >= 0.3 is 0 Å². The van der Waals surface area contributed by atoms with Crippen molar-refractivity contribution >= 4 is 11.8 Å². The van der Waals surface area contributed by atoms with Gasteiger partial charge in [0.25, 0.3) is 0 Å². The number of hydrogen-bond acceptors (Lipinski definition) is 2. The Morgan fingerprint density at radius 3 is 2.67 bits per heavy atom. The van der Waals surface area contributed by atoms with Crippen molar-refractivity contribution in [3.63, 3.8) is 0 Å². The highest BCUT2D eigenvalue weighted by Crippen LogP contribution is 2.14. The fourth-order valence-corrected chi connectivity index (χ4v) is 2.89. The molecule has 0 fully saturated rings. The molecule has 1 aromatic carbocycles. The van der Waals surface area contributed by atoms with Gasteiger partial charge in [0.15, 0.2) is 0 Å². The van der Waals surface area contributed by atoms with Gasteiger partial charge in [0.2, 0.25) is 0 Å². The van der Waals surface area contributed by atoms with Gasteiger partial charge in [-0.15, -0.1) is 0 Å². The number of benzene rings is 1. The Labute approximate surface area is 117 Å². The molecule has 0 saturated carbocycles. The van der Waals surface area contributed by atoms with Crippen molar-refractivity contribution in [3.8, 4) is 0 Å². The Kier molecular flexibility index (Phi) is 9.05. The molecule has 1 unspecified atom stereocenters. The summed E-state index contributed by atoms with van der Waals surface area (Å²) in [7, 11) is 0. The average Bonchev–Trinajstić information content (AvgIpc) is 2.41. The van der Waals surface area contributed by atoms with E-state index >= 15 is 0 Å². The largest absolute Gasteiger partial charge is 0.314 e. The molecule has 1 atom stereocenters. The van der Waals surface area contributed by atoms with Gasteiger partial charge in [-0.2, -0.15) is 11.8 Å². The van der Waals surface area contributed by atoms with Gasteiger partial charge in [0.1, 0.15) is 0 Å². The molecule has 1 nitrogen and oxygen atoms in total. The lowest BCUT2D eigenvalue weighted by molar-refractivity contribution is 0.496. The normalized spacial score (nSPS) is 12.6. The number of nitrogens with one attached hydrogen (secondary N) is 1. The van der Waals surface area contributed by atoms with Crippen LogP contribution in [0.25, 0.3) is 0 Å². The fourth-order valence-electron chi connectivity index (χ4n) is 1.91. The van der Waals surface area contributed by atoms with Crippen molar-refractivity contribution in [1.82, 2.24) is 5.32 Å². The van der Waals surface area contributed by atoms with E-state index in [2.05, 4.69) is 61.3 Å². The molecule has 102 valence electrons. The molecule has 0 heterocycles. The second-order valence-corrected chi connectivity index (χ2v) is 5.99. The highest BCUT2D eigenvalue weighted by Gasteiger charge is 1.99. The van der Waals surface area contributed by atoms with E-state index in [1.165, 1.54) is 37.0 Å². The Balaban J connectivity index is 1.93. The summed E-state index contributed by atoms with van der Waals surface area (Å²) in [5, 5.41) is 3.54. The molecule has 0 saturated heterocycles. The van der Waals surface area contributed by atoms with Gasteiger partial charge in [-0.25, -0.2) is 0 Å². The smallest absolute Gasteiger partial charge is 0.0184 e. The molecule has 1 N–H and O–H groups in total. The van der Waals surface area contributed by atoms with Crippen LogP contribution in [0.1, 0.15) is 45.1 Å². The van der Waals surface area contributed by atoms with Crippen LogP contribution in [-0.4, -0.2) is 18.3 Å². The van der Waals surface area contributed by atoms with E-state index in [4.69, 9.17) is 0 Å². The van der Waals surface area contributed by atoms with E-state index in [0.717, 1.165) is 12.3 Å². The summed E-state index contributed by atoms with van der Waals surface area (Å²) in [6.07, 6.45) is 5.23. The first-order valence-corrected chi connectivity index (χ1v) is 8.33. The van der Waals surface area contributed by atoms with Crippen LogP contribution in [0.2, 0.25) is 0 Å².